The summed E-state index contributed by atoms with van der Waals surface area (Å²) in [6.45, 7) is 1.99. The van der Waals surface area contributed by atoms with Gasteiger partial charge in [-0.15, -0.1) is 0 Å². The van der Waals surface area contributed by atoms with Crippen LogP contribution in [0, 0.1) is 13.0 Å². The quantitative estimate of drug-likeness (QED) is 0.497. The molecule has 44 valence electrons. The molecule has 0 spiro atoms. The number of halogens is 1. The molecular weight excluding hydrogens is 231 g/mol. The Kier molecular flexibility index (Phi) is 6.55. The first-order valence-corrected chi connectivity index (χ1v) is 9.39. The predicted octanol–water partition coefficient (Wildman–Crippen LogP) is 2.03. The van der Waals surface area contributed by atoms with E-state index < -0.39 is 0 Å². The van der Waals surface area contributed by atoms with Gasteiger partial charge in [0.25, 0.3) is 0 Å². The van der Waals surface area contributed by atoms with Crippen LogP contribution in [0.15, 0.2) is 18.5 Å². The van der Waals surface area contributed by atoms with Crippen LogP contribution in [0.25, 0.3) is 0 Å². The Hall–Kier alpha value is 0.253. The zero-order valence-electron chi connectivity index (χ0n) is 5.26. The van der Waals surface area contributed by atoms with Crippen molar-refractivity contribution < 1.29 is 16.3 Å². The second-order valence-electron chi connectivity index (χ2n) is 1.42. The summed E-state index contributed by atoms with van der Waals surface area (Å²) in [4.78, 5) is 3.79. The molecule has 0 atom stereocenters. The van der Waals surface area contributed by atoms with Crippen LogP contribution in [0.4, 0.5) is 0 Å². The molecule has 9 heavy (non-hydrogen) atoms. The van der Waals surface area contributed by atoms with E-state index in [-0.39, 0.29) is 0 Å². The van der Waals surface area contributed by atoms with Crippen LogP contribution in [0.1, 0.15) is 5.56 Å². The topological polar surface area (TPSA) is 12.9 Å². The van der Waals surface area contributed by atoms with Gasteiger partial charge in [-0.3, -0.25) is 0 Å². The summed E-state index contributed by atoms with van der Waals surface area (Å²) in [5.74, 6) is 0. The maximum atomic E-state index is 3.79. The molecule has 1 aromatic rings. The van der Waals surface area contributed by atoms with Gasteiger partial charge >= 0.3 is 30.0 Å². The van der Waals surface area contributed by atoms with Gasteiger partial charge in [-0.05, 0) is 0 Å². The van der Waals surface area contributed by atoms with Gasteiger partial charge in [0.15, 0.2) is 0 Å². The molecule has 1 heterocycles. The molecule has 1 rings (SSSR count). The molecule has 0 aliphatic rings. The van der Waals surface area contributed by atoms with Gasteiger partial charge < -0.3 is 4.98 Å². The van der Waals surface area contributed by atoms with Crippen molar-refractivity contribution in [1.29, 1.82) is 0 Å². The zero-order valence-corrected chi connectivity index (χ0v) is 9.82. The average molecular weight is 237 g/mol. The third kappa shape index (κ3) is 4.74. The fourth-order valence-electron chi connectivity index (χ4n) is 0.385. The van der Waals surface area contributed by atoms with E-state index in [1.807, 2.05) is 13.0 Å². The van der Waals surface area contributed by atoms with E-state index >= 15 is 0 Å². The molecule has 0 N–H and O–H groups in total. The van der Waals surface area contributed by atoms with E-state index in [1.54, 1.807) is 12.4 Å². The summed E-state index contributed by atoms with van der Waals surface area (Å²) in [5, 5.41) is 0. The monoisotopic (exact) mass is 235 g/mol. The van der Waals surface area contributed by atoms with Crippen molar-refractivity contribution in [2.75, 3.05) is 0 Å². The van der Waals surface area contributed by atoms with Gasteiger partial charge in [-0.1, -0.05) is 19.3 Å². The minimum atomic E-state index is 1.13. The second kappa shape index (κ2) is 6.37. The van der Waals surface area contributed by atoms with E-state index in [9.17, 15) is 0 Å². The fourth-order valence-corrected chi connectivity index (χ4v) is 0.385. The fraction of sp³-hybridized carbons (Fsp3) is 0.167. The third-order valence-corrected chi connectivity index (χ3v) is 0.777. The second-order valence-corrected chi connectivity index (χ2v) is 1.42. The number of aromatic nitrogens is 1. The van der Waals surface area contributed by atoms with Gasteiger partial charge in [-0.2, -0.15) is 6.07 Å². The number of pyridine rings is 1. The Morgan fingerprint density at radius 3 is 2.56 bits per heavy atom. The van der Waals surface area contributed by atoms with Crippen LogP contribution in [0.2, 0.25) is 0 Å². The van der Waals surface area contributed by atoms with Gasteiger partial charge in [0.1, 0.15) is 0 Å². The molecule has 1 aromatic heterocycles. The molecule has 0 fully saturated rings. The SMILES string of the molecule is Cc1[c-]cncc1.[Zn+][Br]. The van der Waals surface area contributed by atoms with Crippen molar-refractivity contribution in [2.45, 2.75) is 6.92 Å². The molecule has 0 saturated carbocycles. The van der Waals surface area contributed by atoms with Gasteiger partial charge in [0, 0.05) is 0 Å². The number of nitrogens with zero attached hydrogens (tertiary/aromatic N) is 1. The Bertz CT molecular complexity index is 143. The first kappa shape index (κ1) is 9.25. The molecule has 0 saturated heterocycles. The first-order chi connectivity index (χ1) is 4.39. The Labute approximate surface area is 71.9 Å². The van der Waals surface area contributed by atoms with Crippen molar-refractivity contribution >= 4 is 13.6 Å². The van der Waals surface area contributed by atoms with Crippen LogP contribution in [0.5, 0.6) is 0 Å². The average Bonchev–Trinajstić information content (AvgIpc) is 1.94. The molecule has 1 nitrogen and oxygen atoms in total. The molecule has 0 bridgehead atoms. The van der Waals surface area contributed by atoms with E-state index in [4.69, 9.17) is 0 Å². The molecule has 0 aliphatic heterocycles. The normalized spacial score (nSPS) is 7.56. The van der Waals surface area contributed by atoms with Crippen molar-refractivity contribution in [1.82, 2.24) is 4.98 Å². The van der Waals surface area contributed by atoms with E-state index in [2.05, 4.69) is 24.7 Å². The van der Waals surface area contributed by atoms with Crippen LogP contribution in [0.3, 0.4) is 0 Å². The molecule has 0 aromatic carbocycles. The van der Waals surface area contributed by atoms with E-state index in [0.29, 0.717) is 0 Å². The summed E-state index contributed by atoms with van der Waals surface area (Å²) >= 11 is 4.25. The van der Waals surface area contributed by atoms with Crippen LogP contribution >= 0.6 is 13.6 Å². The third-order valence-electron chi connectivity index (χ3n) is 0.777. The van der Waals surface area contributed by atoms with Crippen LogP contribution in [-0.4, -0.2) is 4.98 Å². The molecule has 0 unspecified atom stereocenters. The number of hydrogen-bond acceptors (Lipinski definition) is 1. The number of hydrogen-bond donors (Lipinski definition) is 0. The van der Waals surface area contributed by atoms with E-state index in [0.717, 1.165) is 5.56 Å². The van der Waals surface area contributed by atoms with Crippen molar-refractivity contribution in [2.24, 2.45) is 0 Å². The molecule has 0 radical (unpaired) electrons. The molecule has 0 aliphatic carbocycles. The van der Waals surface area contributed by atoms with Crippen LogP contribution < -0.4 is 0 Å². The standard InChI is InChI=1S/C6H6N.BrH.Zn/c1-6-2-4-7-5-3-6;;/h2,4-5H,1H3;1H;/q-1;;+2/p-1. The number of aryl methyl sites for hydroxylation is 1. The van der Waals surface area contributed by atoms with Crippen molar-refractivity contribution in [3.63, 3.8) is 0 Å². The Balaban J connectivity index is 0.000000291. The molecular formula is C6H6BrNZn. The molecule has 3 heteroatoms. The van der Waals surface area contributed by atoms with Gasteiger partial charge in [0.05, 0.1) is 0 Å². The zero-order chi connectivity index (χ0) is 7.11. The van der Waals surface area contributed by atoms with Gasteiger partial charge in [0.2, 0.25) is 0 Å². The summed E-state index contributed by atoms with van der Waals surface area (Å²) in [5.41, 5.74) is 1.13. The first-order valence-electron chi connectivity index (χ1n) is 2.44. The maximum absolute atomic E-state index is 3.79. The predicted molar refractivity (Wildman–Crippen MR) is 36.7 cm³/mol. The Morgan fingerprint density at radius 2 is 2.33 bits per heavy atom. The van der Waals surface area contributed by atoms with Gasteiger partial charge in [-0.25, -0.2) is 11.6 Å². The van der Waals surface area contributed by atoms with Crippen LogP contribution in [-0.2, 0) is 16.3 Å². The molecule has 0 amide bonds. The Morgan fingerprint density at radius 1 is 1.67 bits per heavy atom. The van der Waals surface area contributed by atoms with Crippen molar-refractivity contribution in [3.05, 3.63) is 30.1 Å². The summed E-state index contributed by atoms with van der Waals surface area (Å²) in [7, 11) is 0. The summed E-state index contributed by atoms with van der Waals surface area (Å²) in [6, 6.07) is 4.84. The minimum absolute atomic E-state index is 1.13. The number of rotatable bonds is 0. The summed E-state index contributed by atoms with van der Waals surface area (Å²) in [6.07, 6.45) is 3.42. The summed E-state index contributed by atoms with van der Waals surface area (Å²) < 4.78 is 0. The van der Waals surface area contributed by atoms with E-state index in [1.165, 1.54) is 16.3 Å². The van der Waals surface area contributed by atoms with Crippen molar-refractivity contribution in [3.8, 4) is 0 Å².